The third-order valence-corrected chi connectivity index (χ3v) is 3.07. The zero-order valence-corrected chi connectivity index (χ0v) is 13.0. The number of aliphatic carboxylic acids is 1. The lowest BCUT2D eigenvalue weighted by atomic mass is 10.1. The highest BCUT2D eigenvalue weighted by Gasteiger charge is 2.32. The van der Waals surface area contributed by atoms with Crippen molar-refractivity contribution in [2.45, 2.75) is 25.7 Å². The van der Waals surface area contributed by atoms with Gasteiger partial charge in [0.25, 0.3) is 5.91 Å². The predicted octanol–water partition coefficient (Wildman–Crippen LogP) is 3.44. The summed E-state index contributed by atoms with van der Waals surface area (Å²) in [4.78, 5) is 22.6. The van der Waals surface area contributed by atoms with Gasteiger partial charge in [0.1, 0.15) is 11.5 Å². The molecule has 1 atom stereocenters. The maximum atomic E-state index is 12.5. The van der Waals surface area contributed by atoms with Crippen LogP contribution in [0.25, 0.3) is 11.3 Å². The first-order valence-electron chi connectivity index (χ1n) is 7.13. The van der Waals surface area contributed by atoms with E-state index in [-0.39, 0.29) is 23.5 Å². The minimum Gasteiger partial charge on any atom is -0.481 e. The highest BCUT2D eigenvalue weighted by atomic mass is 19.4. The van der Waals surface area contributed by atoms with E-state index in [4.69, 9.17) is 9.52 Å². The molecule has 0 saturated carbocycles. The Morgan fingerprint density at radius 2 is 1.92 bits per heavy atom. The Kier molecular flexibility index (Phi) is 5.35. The molecule has 0 aliphatic rings. The third-order valence-electron chi connectivity index (χ3n) is 3.07. The van der Waals surface area contributed by atoms with Crippen molar-refractivity contribution in [2.75, 3.05) is 0 Å². The van der Waals surface area contributed by atoms with E-state index in [0.29, 0.717) is 0 Å². The molecule has 0 fully saturated rings. The SMILES string of the molecule is CC(CC(=O)O)NC(=O)c1ccc(-c2ccccc2OC(F)(F)F)o1. The number of benzene rings is 1. The van der Waals surface area contributed by atoms with Crippen LogP contribution in [0.2, 0.25) is 0 Å². The number of carboxylic acids is 1. The highest BCUT2D eigenvalue weighted by molar-refractivity contribution is 5.92. The van der Waals surface area contributed by atoms with Gasteiger partial charge in [-0.2, -0.15) is 0 Å². The van der Waals surface area contributed by atoms with Crippen LogP contribution in [-0.4, -0.2) is 29.4 Å². The zero-order valence-electron chi connectivity index (χ0n) is 13.0. The Morgan fingerprint density at radius 1 is 1.24 bits per heavy atom. The molecule has 134 valence electrons. The van der Waals surface area contributed by atoms with Crippen molar-refractivity contribution in [2.24, 2.45) is 0 Å². The molecule has 2 N–H and O–H groups in total. The van der Waals surface area contributed by atoms with Crippen molar-refractivity contribution in [3.05, 3.63) is 42.2 Å². The number of carbonyl (C=O) groups excluding carboxylic acids is 1. The van der Waals surface area contributed by atoms with E-state index in [1.54, 1.807) is 0 Å². The monoisotopic (exact) mass is 357 g/mol. The summed E-state index contributed by atoms with van der Waals surface area (Å²) in [5.41, 5.74) is 0.0254. The van der Waals surface area contributed by atoms with Gasteiger partial charge in [0.2, 0.25) is 0 Å². The lowest BCUT2D eigenvalue weighted by Crippen LogP contribution is -2.33. The van der Waals surface area contributed by atoms with E-state index >= 15 is 0 Å². The molecule has 0 bridgehead atoms. The summed E-state index contributed by atoms with van der Waals surface area (Å²) >= 11 is 0. The summed E-state index contributed by atoms with van der Waals surface area (Å²) < 4.78 is 46.6. The third kappa shape index (κ3) is 5.27. The number of alkyl halides is 3. The summed E-state index contributed by atoms with van der Waals surface area (Å²) in [6.07, 6.45) is -5.14. The topological polar surface area (TPSA) is 88.8 Å². The van der Waals surface area contributed by atoms with E-state index < -0.39 is 30.0 Å². The van der Waals surface area contributed by atoms with Crippen LogP contribution in [0.15, 0.2) is 40.8 Å². The van der Waals surface area contributed by atoms with Crippen LogP contribution >= 0.6 is 0 Å². The molecule has 9 heteroatoms. The van der Waals surface area contributed by atoms with Gasteiger partial charge in [-0.05, 0) is 31.2 Å². The number of carbonyl (C=O) groups is 2. The summed E-state index contributed by atoms with van der Waals surface area (Å²) in [5, 5.41) is 11.1. The quantitative estimate of drug-likeness (QED) is 0.827. The maximum Gasteiger partial charge on any atom is 0.573 e. The molecule has 0 radical (unpaired) electrons. The summed E-state index contributed by atoms with van der Waals surface area (Å²) in [5.74, 6) is -2.36. The van der Waals surface area contributed by atoms with Crippen molar-refractivity contribution < 1.29 is 37.0 Å². The Hall–Kier alpha value is -2.97. The molecule has 0 saturated heterocycles. The first-order chi connectivity index (χ1) is 11.7. The number of hydrogen-bond donors (Lipinski definition) is 2. The summed E-state index contributed by atoms with van der Waals surface area (Å²) in [6, 6.07) is 7.32. The Labute approximate surface area is 140 Å². The van der Waals surface area contributed by atoms with Crippen LogP contribution in [0.3, 0.4) is 0 Å². The lowest BCUT2D eigenvalue weighted by molar-refractivity contribution is -0.274. The molecule has 0 aliphatic carbocycles. The maximum absolute atomic E-state index is 12.5. The smallest absolute Gasteiger partial charge is 0.481 e. The molecule has 2 rings (SSSR count). The lowest BCUT2D eigenvalue weighted by Gasteiger charge is -2.12. The van der Waals surface area contributed by atoms with E-state index in [0.717, 1.165) is 6.07 Å². The minimum absolute atomic E-state index is 0.0101. The number of rotatable bonds is 6. The van der Waals surface area contributed by atoms with Crippen molar-refractivity contribution >= 4 is 11.9 Å². The molecule has 0 aliphatic heterocycles. The average molecular weight is 357 g/mol. The second-order valence-electron chi connectivity index (χ2n) is 5.18. The van der Waals surface area contributed by atoms with Gasteiger partial charge in [0.15, 0.2) is 5.76 Å². The minimum atomic E-state index is -4.87. The molecule has 25 heavy (non-hydrogen) atoms. The van der Waals surface area contributed by atoms with Crippen LogP contribution in [-0.2, 0) is 4.79 Å². The fourth-order valence-corrected chi connectivity index (χ4v) is 2.10. The predicted molar refractivity (Wildman–Crippen MR) is 80.0 cm³/mol. The Morgan fingerprint density at radius 3 is 2.56 bits per heavy atom. The van der Waals surface area contributed by atoms with E-state index in [1.807, 2.05) is 0 Å². The molecule has 6 nitrogen and oxygen atoms in total. The fourth-order valence-electron chi connectivity index (χ4n) is 2.10. The van der Waals surface area contributed by atoms with Gasteiger partial charge in [-0.1, -0.05) is 12.1 Å². The van der Waals surface area contributed by atoms with Gasteiger partial charge in [0.05, 0.1) is 12.0 Å². The Balaban J connectivity index is 2.19. The highest BCUT2D eigenvalue weighted by Crippen LogP contribution is 2.34. The van der Waals surface area contributed by atoms with Gasteiger partial charge in [-0.25, -0.2) is 0 Å². The van der Waals surface area contributed by atoms with Crippen molar-refractivity contribution in [3.63, 3.8) is 0 Å². The average Bonchev–Trinajstić information content (AvgIpc) is 2.94. The van der Waals surface area contributed by atoms with Gasteiger partial charge >= 0.3 is 12.3 Å². The van der Waals surface area contributed by atoms with Crippen LogP contribution in [0.1, 0.15) is 23.9 Å². The van der Waals surface area contributed by atoms with Gasteiger partial charge in [0, 0.05) is 6.04 Å². The van der Waals surface area contributed by atoms with Crippen molar-refractivity contribution in [3.8, 4) is 17.1 Å². The van der Waals surface area contributed by atoms with E-state index in [9.17, 15) is 22.8 Å². The van der Waals surface area contributed by atoms with E-state index in [2.05, 4.69) is 10.1 Å². The van der Waals surface area contributed by atoms with Gasteiger partial charge < -0.3 is 19.6 Å². The molecular weight excluding hydrogens is 343 g/mol. The molecule has 1 aromatic carbocycles. The molecule has 1 amide bonds. The first kappa shape index (κ1) is 18.4. The Bertz CT molecular complexity index is 769. The fraction of sp³-hybridized carbons (Fsp3) is 0.250. The number of nitrogens with one attached hydrogen (secondary N) is 1. The standard InChI is InChI=1S/C16H14F3NO5/c1-9(8-14(21)22)20-15(23)13-7-6-11(24-13)10-4-2-3-5-12(10)25-16(17,18)19/h2-7,9H,8H2,1H3,(H,20,23)(H,21,22). The number of carboxylic acid groups (broad SMARTS) is 1. The van der Waals surface area contributed by atoms with Crippen LogP contribution < -0.4 is 10.1 Å². The van der Waals surface area contributed by atoms with Crippen LogP contribution in [0.5, 0.6) is 5.75 Å². The van der Waals surface area contributed by atoms with Gasteiger partial charge in [-0.15, -0.1) is 13.2 Å². The first-order valence-corrected chi connectivity index (χ1v) is 7.13. The summed E-state index contributed by atoms with van der Waals surface area (Å²) in [6.45, 7) is 1.50. The number of ether oxygens (including phenoxy) is 1. The van der Waals surface area contributed by atoms with Gasteiger partial charge in [-0.3, -0.25) is 9.59 Å². The molecule has 2 aromatic rings. The second kappa shape index (κ2) is 7.29. The summed E-state index contributed by atoms with van der Waals surface area (Å²) in [7, 11) is 0. The van der Waals surface area contributed by atoms with Crippen molar-refractivity contribution in [1.82, 2.24) is 5.32 Å². The largest absolute Gasteiger partial charge is 0.573 e. The normalized spacial score (nSPS) is 12.5. The van der Waals surface area contributed by atoms with Crippen LogP contribution in [0.4, 0.5) is 13.2 Å². The van der Waals surface area contributed by atoms with Crippen LogP contribution in [0, 0.1) is 0 Å². The number of halogens is 3. The molecule has 1 heterocycles. The molecular formula is C16H14F3NO5. The molecule has 0 spiro atoms. The second-order valence-corrected chi connectivity index (χ2v) is 5.18. The number of para-hydroxylation sites is 1. The number of hydrogen-bond acceptors (Lipinski definition) is 4. The molecule has 1 unspecified atom stereocenters. The van der Waals surface area contributed by atoms with Crippen molar-refractivity contribution in [1.29, 1.82) is 0 Å². The number of amides is 1. The molecule has 1 aromatic heterocycles. The number of furan rings is 1. The zero-order chi connectivity index (χ0) is 18.6. The van der Waals surface area contributed by atoms with E-state index in [1.165, 1.54) is 37.3 Å².